The van der Waals surface area contributed by atoms with Gasteiger partial charge in [-0.2, -0.15) is 0 Å². The van der Waals surface area contributed by atoms with Gasteiger partial charge in [-0.05, 0) is 60.5 Å². The van der Waals surface area contributed by atoms with Crippen LogP contribution in [-0.4, -0.2) is 50.0 Å². The Hall–Kier alpha value is -5.04. The molecule has 0 atom stereocenters. The van der Waals surface area contributed by atoms with Crippen molar-refractivity contribution in [2.45, 2.75) is 13.5 Å². The first-order chi connectivity index (χ1) is 20.5. The predicted molar refractivity (Wildman–Crippen MR) is 165 cm³/mol. The van der Waals surface area contributed by atoms with Crippen LogP contribution in [0.2, 0.25) is 0 Å². The molecule has 0 unspecified atom stereocenters. The number of ether oxygens (including phenoxy) is 2. The van der Waals surface area contributed by atoms with Gasteiger partial charge in [0.1, 0.15) is 5.75 Å². The molecule has 7 heteroatoms. The van der Waals surface area contributed by atoms with E-state index < -0.39 is 0 Å². The Labute approximate surface area is 246 Å². The standard InChI is InChI=1S/C35H33N3O4/c1-25-11-13-27(14-12-25)24-38-30-8-4-6-10-32(30)42-33(35(38)40)23-26-15-17-28(18-16-26)34(39)37-21-19-36(20-22-37)29-7-3-5-9-31(29)41-2/h3-18,23H,19-22,24H2,1-2H3. The second-order valence-corrected chi connectivity index (χ2v) is 10.5. The number of amides is 2. The van der Waals surface area contributed by atoms with Crippen molar-refractivity contribution in [3.05, 3.63) is 125 Å². The van der Waals surface area contributed by atoms with Crippen LogP contribution in [0.25, 0.3) is 6.08 Å². The number of benzene rings is 4. The zero-order valence-electron chi connectivity index (χ0n) is 23.8. The van der Waals surface area contributed by atoms with Crippen LogP contribution >= 0.6 is 0 Å². The van der Waals surface area contributed by atoms with Crippen molar-refractivity contribution < 1.29 is 19.1 Å². The monoisotopic (exact) mass is 559 g/mol. The molecule has 0 N–H and O–H groups in total. The maximum atomic E-state index is 13.6. The van der Waals surface area contributed by atoms with E-state index in [2.05, 4.69) is 4.90 Å². The predicted octanol–water partition coefficient (Wildman–Crippen LogP) is 5.93. The molecular formula is C35H33N3O4. The van der Waals surface area contributed by atoms with Gasteiger partial charge >= 0.3 is 0 Å². The lowest BCUT2D eigenvalue weighted by Gasteiger charge is -2.36. The summed E-state index contributed by atoms with van der Waals surface area (Å²) < 4.78 is 11.6. The van der Waals surface area contributed by atoms with E-state index in [0.717, 1.165) is 41.3 Å². The molecule has 1 saturated heterocycles. The van der Waals surface area contributed by atoms with Gasteiger partial charge < -0.3 is 19.3 Å². The quantitative estimate of drug-likeness (QED) is 0.274. The van der Waals surface area contributed by atoms with Crippen LogP contribution in [0.15, 0.2) is 103 Å². The fourth-order valence-corrected chi connectivity index (χ4v) is 5.39. The summed E-state index contributed by atoms with van der Waals surface area (Å²) in [6, 6.07) is 31.0. The minimum atomic E-state index is -0.206. The van der Waals surface area contributed by atoms with Crippen molar-refractivity contribution in [3.63, 3.8) is 0 Å². The number of carbonyl (C=O) groups excluding carboxylic acids is 2. The van der Waals surface area contributed by atoms with Crippen LogP contribution in [-0.2, 0) is 11.3 Å². The average molecular weight is 560 g/mol. The molecule has 2 heterocycles. The van der Waals surface area contributed by atoms with Gasteiger partial charge in [0.15, 0.2) is 11.5 Å². The molecular weight excluding hydrogens is 526 g/mol. The first-order valence-electron chi connectivity index (χ1n) is 14.1. The average Bonchev–Trinajstić information content (AvgIpc) is 3.04. The molecule has 2 aliphatic rings. The number of nitrogens with zero attached hydrogens (tertiary/aromatic N) is 3. The van der Waals surface area contributed by atoms with Crippen LogP contribution in [0.4, 0.5) is 11.4 Å². The smallest absolute Gasteiger partial charge is 0.294 e. The number of aryl methyl sites for hydroxylation is 1. The Morgan fingerprint density at radius 2 is 1.50 bits per heavy atom. The SMILES string of the molecule is COc1ccccc1N1CCN(C(=O)c2ccc(C=C3Oc4ccccc4N(Cc4ccc(C)cc4)C3=O)cc2)CC1. The maximum absolute atomic E-state index is 13.6. The third-order valence-electron chi connectivity index (χ3n) is 7.74. The number of anilines is 2. The minimum absolute atomic E-state index is 0.00271. The van der Waals surface area contributed by atoms with Crippen LogP contribution in [0.3, 0.4) is 0 Å². The van der Waals surface area contributed by atoms with Gasteiger partial charge in [-0.15, -0.1) is 0 Å². The van der Waals surface area contributed by atoms with Gasteiger partial charge in [-0.25, -0.2) is 0 Å². The molecule has 0 aromatic heterocycles. The number of hydrogen-bond acceptors (Lipinski definition) is 5. The molecule has 212 valence electrons. The molecule has 2 amide bonds. The lowest BCUT2D eigenvalue weighted by molar-refractivity contribution is -0.117. The highest BCUT2D eigenvalue weighted by Gasteiger charge is 2.30. The Kier molecular flexibility index (Phi) is 7.64. The Bertz CT molecular complexity index is 1620. The molecule has 2 aliphatic heterocycles. The van der Waals surface area contributed by atoms with Crippen molar-refractivity contribution in [1.29, 1.82) is 0 Å². The topological polar surface area (TPSA) is 62.3 Å². The first kappa shape index (κ1) is 27.1. The van der Waals surface area contributed by atoms with E-state index in [1.807, 2.05) is 109 Å². The summed E-state index contributed by atoms with van der Waals surface area (Å²) in [5, 5.41) is 0. The number of fused-ring (bicyclic) bond motifs is 1. The zero-order valence-corrected chi connectivity index (χ0v) is 23.8. The van der Waals surface area contributed by atoms with E-state index >= 15 is 0 Å². The van der Waals surface area contributed by atoms with Gasteiger partial charge in [-0.3, -0.25) is 14.5 Å². The number of para-hydroxylation sites is 4. The summed E-state index contributed by atoms with van der Waals surface area (Å²) in [4.78, 5) is 32.7. The van der Waals surface area contributed by atoms with Gasteiger partial charge in [0.05, 0.1) is 25.0 Å². The van der Waals surface area contributed by atoms with E-state index in [9.17, 15) is 9.59 Å². The van der Waals surface area contributed by atoms with E-state index in [1.165, 1.54) is 5.56 Å². The van der Waals surface area contributed by atoms with Crippen LogP contribution in [0.5, 0.6) is 11.5 Å². The van der Waals surface area contributed by atoms with Gasteiger partial charge in [0.25, 0.3) is 11.8 Å². The van der Waals surface area contributed by atoms with Crippen LogP contribution < -0.4 is 19.3 Å². The van der Waals surface area contributed by atoms with Crippen LogP contribution in [0, 0.1) is 6.92 Å². The molecule has 42 heavy (non-hydrogen) atoms. The molecule has 6 rings (SSSR count). The summed E-state index contributed by atoms with van der Waals surface area (Å²) in [7, 11) is 1.68. The lowest BCUT2D eigenvalue weighted by Crippen LogP contribution is -2.48. The van der Waals surface area contributed by atoms with E-state index in [-0.39, 0.29) is 17.6 Å². The summed E-state index contributed by atoms with van der Waals surface area (Å²) in [6.45, 7) is 5.20. The largest absolute Gasteiger partial charge is 0.495 e. The molecule has 4 aromatic carbocycles. The molecule has 0 saturated carbocycles. The summed E-state index contributed by atoms with van der Waals surface area (Å²) in [5.74, 6) is 1.51. The number of methoxy groups -OCH3 is 1. The van der Waals surface area contributed by atoms with Gasteiger partial charge in [-0.1, -0.05) is 66.2 Å². The van der Waals surface area contributed by atoms with Gasteiger partial charge in [0.2, 0.25) is 0 Å². The molecule has 4 aromatic rings. The highest BCUT2D eigenvalue weighted by atomic mass is 16.5. The number of carbonyl (C=O) groups is 2. The number of hydrogen-bond donors (Lipinski definition) is 0. The normalized spacial score (nSPS) is 15.8. The second-order valence-electron chi connectivity index (χ2n) is 10.5. The zero-order chi connectivity index (χ0) is 29.1. The Morgan fingerprint density at radius 3 is 2.21 bits per heavy atom. The molecule has 0 bridgehead atoms. The van der Waals surface area contributed by atoms with Crippen molar-refractivity contribution >= 4 is 29.3 Å². The molecule has 1 fully saturated rings. The minimum Gasteiger partial charge on any atom is -0.495 e. The van der Waals surface area contributed by atoms with Crippen molar-refractivity contribution in [1.82, 2.24) is 4.90 Å². The van der Waals surface area contributed by atoms with Crippen molar-refractivity contribution in [2.75, 3.05) is 43.1 Å². The van der Waals surface area contributed by atoms with Crippen LogP contribution in [0.1, 0.15) is 27.0 Å². The Morgan fingerprint density at radius 1 is 0.833 bits per heavy atom. The van der Waals surface area contributed by atoms with E-state index in [4.69, 9.17) is 9.47 Å². The maximum Gasteiger partial charge on any atom is 0.294 e. The molecule has 0 spiro atoms. The Balaban J connectivity index is 1.15. The summed E-state index contributed by atoms with van der Waals surface area (Å²) in [5.41, 5.74) is 5.40. The first-order valence-corrected chi connectivity index (χ1v) is 14.1. The van der Waals surface area contributed by atoms with Crippen molar-refractivity contribution in [2.24, 2.45) is 0 Å². The summed E-state index contributed by atoms with van der Waals surface area (Å²) >= 11 is 0. The highest BCUT2D eigenvalue weighted by Crippen LogP contribution is 2.36. The third kappa shape index (κ3) is 5.59. The van der Waals surface area contributed by atoms with Crippen molar-refractivity contribution in [3.8, 4) is 11.5 Å². The van der Waals surface area contributed by atoms with E-state index in [1.54, 1.807) is 18.1 Å². The lowest BCUT2D eigenvalue weighted by atomic mass is 10.1. The fraction of sp³-hybridized carbons (Fsp3) is 0.200. The number of rotatable bonds is 6. The highest BCUT2D eigenvalue weighted by molar-refractivity contribution is 6.09. The second kappa shape index (κ2) is 11.8. The number of piperazine rings is 1. The third-order valence-corrected chi connectivity index (χ3v) is 7.74. The summed E-state index contributed by atoms with van der Waals surface area (Å²) in [6.07, 6.45) is 1.74. The molecule has 0 aliphatic carbocycles. The van der Waals surface area contributed by atoms with Gasteiger partial charge in [0, 0.05) is 31.7 Å². The fourth-order valence-electron chi connectivity index (χ4n) is 5.39. The molecule has 0 radical (unpaired) electrons. The van der Waals surface area contributed by atoms with E-state index in [0.29, 0.717) is 30.9 Å². The molecule has 7 nitrogen and oxygen atoms in total.